The second-order valence-electron chi connectivity index (χ2n) is 6.01. The Morgan fingerprint density at radius 3 is 2.67 bits per heavy atom. The van der Waals surface area contributed by atoms with Gasteiger partial charge in [-0.3, -0.25) is 4.79 Å². The Balaban J connectivity index is 1.88. The van der Waals surface area contributed by atoms with Crippen LogP contribution in [0.5, 0.6) is 0 Å². The third kappa shape index (κ3) is 3.23. The van der Waals surface area contributed by atoms with Crippen LogP contribution in [0.15, 0.2) is 0 Å². The highest BCUT2D eigenvalue weighted by Gasteiger charge is 2.39. The molecule has 1 aliphatic carbocycles. The minimum Gasteiger partial charge on any atom is -0.350 e. The Kier molecular flexibility index (Phi) is 3.69. The van der Waals surface area contributed by atoms with Gasteiger partial charge in [-0.1, -0.05) is 6.42 Å². The predicted octanol–water partition coefficient (Wildman–Crippen LogP) is 0.197. The first-order valence-corrected chi connectivity index (χ1v) is 8.39. The third-order valence-electron chi connectivity index (χ3n) is 4.11. The van der Waals surface area contributed by atoms with Crippen LogP contribution in [-0.4, -0.2) is 37.4 Å². The number of sulfone groups is 1. The average molecular weight is 274 g/mol. The maximum atomic E-state index is 12.0. The lowest BCUT2D eigenvalue weighted by atomic mass is 9.97. The van der Waals surface area contributed by atoms with Crippen LogP contribution in [0, 0.1) is 5.92 Å². The van der Waals surface area contributed by atoms with Crippen molar-refractivity contribution in [1.29, 1.82) is 0 Å². The van der Waals surface area contributed by atoms with Crippen molar-refractivity contribution >= 4 is 15.7 Å². The summed E-state index contributed by atoms with van der Waals surface area (Å²) in [5, 5.41) is 2.88. The smallest absolute Gasteiger partial charge is 0.220 e. The van der Waals surface area contributed by atoms with Gasteiger partial charge in [-0.15, -0.1) is 0 Å². The first-order chi connectivity index (χ1) is 8.30. The zero-order valence-electron chi connectivity index (χ0n) is 10.8. The van der Waals surface area contributed by atoms with Gasteiger partial charge in [0.15, 0.2) is 9.84 Å². The molecule has 0 radical (unpaired) electrons. The Morgan fingerprint density at radius 1 is 1.44 bits per heavy atom. The normalized spacial score (nSPS) is 38.8. The summed E-state index contributed by atoms with van der Waals surface area (Å²) in [6.07, 6.45) is 4.02. The number of carbonyl (C=O) groups is 1. The van der Waals surface area contributed by atoms with Crippen molar-refractivity contribution in [2.75, 3.05) is 11.5 Å². The molecule has 0 bridgehead atoms. The molecule has 6 heteroatoms. The van der Waals surface area contributed by atoms with Crippen molar-refractivity contribution < 1.29 is 13.2 Å². The van der Waals surface area contributed by atoms with E-state index in [1.54, 1.807) is 0 Å². The van der Waals surface area contributed by atoms with E-state index in [0.717, 1.165) is 19.3 Å². The first-order valence-electron chi connectivity index (χ1n) is 6.57. The number of hydrogen-bond donors (Lipinski definition) is 2. The Hall–Kier alpha value is -0.620. The topological polar surface area (TPSA) is 89.3 Å². The summed E-state index contributed by atoms with van der Waals surface area (Å²) in [7, 11) is -2.98. The molecule has 0 aromatic rings. The van der Waals surface area contributed by atoms with Gasteiger partial charge in [-0.2, -0.15) is 0 Å². The molecule has 1 saturated heterocycles. The Labute approximate surface area is 108 Å². The fourth-order valence-corrected chi connectivity index (χ4v) is 5.15. The SMILES string of the molecule is CC1(NC(=O)C[C@@H]2CCC[C@H]2N)CCS(=O)(=O)C1. The zero-order valence-corrected chi connectivity index (χ0v) is 11.6. The predicted molar refractivity (Wildman–Crippen MR) is 69.8 cm³/mol. The molecule has 3 N–H and O–H groups in total. The molecule has 1 heterocycles. The lowest BCUT2D eigenvalue weighted by Crippen LogP contribution is -2.47. The molecule has 0 spiro atoms. The van der Waals surface area contributed by atoms with Gasteiger partial charge in [-0.25, -0.2) is 8.42 Å². The summed E-state index contributed by atoms with van der Waals surface area (Å²) >= 11 is 0. The molecule has 1 aliphatic heterocycles. The molecule has 104 valence electrons. The summed E-state index contributed by atoms with van der Waals surface area (Å²) in [6.45, 7) is 1.81. The van der Waals surface area contributed by atoms with Crippen LogP contribution in [0.4, 0.5) is 0 Å². The molecule has 5 nitrogen and oxygen atoms in total. The molecule has 1 unspecified atom stereocenters. The van der Waals surface area contributed by atoms with E-state index in [1.807, 2.05) is 6.92 Å². The van der Waals surface area contributed by atoms with Gasteiger partial charge in [0.1, 0.15) is 0 Å². The quantitative estimate of drug-likeness (QED) is 0.769. The minimum absolute atomic E-state index is 0.0580. The average Bonchev–Trinajstić information content (AvgIpc) is 2.72. The van der Waals surface area contributed by atoms with Crippen molar-refractivity contribution in [3.8, 4) is 0 Å². The summed E-state index contributed by atoms with van der Waals surface area (Å²) in [5.41, 5.74) is 5.35. The van der Waals surface area contributed by atoms with Crippen LogP contribution in [0.3, 0.4) is 0 Å². The number of hydrogen-bond acceptors (Lipinski definition) is 4. The first kappa shape index (κ1) is 13.8. The van der Waals surface area contributed by atoms with Crippen LogP contribution in [0.1, 0.15) is 39.0 Å². The van der Waals surface area contributed by atoms with Crippen LogP contribution in [0.2, 0.25) is 0 Å². The number of nitrogens with two attached hydrogens (primary N) is 1. The second-order valence-corrected chi connectivity index (χ2v) is 8.19. The molecular weight excluding hydrogens is 252 g/mol. The fraction of sp³-hybridized carbons (Fsp3) is 0.917. The van der Waals surface area contributed by atoms with E-state index >= 15 is 0 Å². The van der Waals surface area contributed by atoms with Crippen LogP contribution < -0.4 is 11.1 Å². The number of rotatable bonds is 3. The van der Waals surface area contributed by atoms with Gasteiger partial charge >= 0.3 is 0 Å². The summed E-state index contributed by atoms with van der Waals surface area (Å²) < 4.78 is 22.9. The van der Waals surface area contributed by atoms with Crippen molar-refractivity contribution in [1.82, 2.24) is 5.32 Å². The van der Waals surface area contributed by atoms with Crippen molar-refractivity contribution in [3.05, 3.63) is 0 Å². The van der Waals surface area contributed by atoms with Crippen LogP contribution >= 0.6 is 0 Å². The zero-order chi connectivity index (χ0) is 13.4. The van der Waals surface area contributed by atoms with Gasteiger partial charge in [0.05, 0.1) is 17.0 Å². The highest BCUT2D eigenvalue weighted by atomic mass is 32.2. The highest BCUT2D eigenvalue weighted by molar-refractivity contribution is 7.91. The number of amides is 1. The maximum absolute atomic E-state index is 12.0. The van der Waals surface area contributed by atoms with Crippen LogP contribution in [-0.2, 0) is 14.6 Å². The van der Waals surface area contributed by atoms with Crippen molar-refractivity contribution in [2.45, 2.75) is 50.6 Å². The molecule has 2 aliphatic rings. The van der Waals surface area contributed by atoms with E-state index in [1.165, 1.54) is 0 Å². The van der Waals surface area contributed by atoms with E-state index in [-0.39, 0.29) is 29.4 Å². The van der Waals surface area contributed by atoms with Crippen LogP contribution in [0.25, 0.3) is 0 Å². The monoisotopic (exact) mass is 274 g/mol. The van der Waals surface area contributed by atoms with Gasteiger partial charge in [0.2, 0.25) is 5.91 Å². The molecule has 2 fully saturated rings. The molecule has 1 saturated carbocycles. The maximum Gasteiger partial charge on any atom is 0.220 e. The van der Waals surface area contributed by atoms with E-state index in [0.29, 0.717) is 12.8 Å². The number of nitrogens with one attached hydrogen (secondary N) is 1. The van der Waals surface area contributed by atoms with Gasteiger partial charge < -0.3 is 11.1 Å². The molecule has 1 amide bonds. The third-order valence-corrected chi connectivity index (χ3v) is 6.01. The molecular formula is C12H22N2O3S. The van der Waals surface area contributed by atoms with Gasteiger partial charge in [0.25, 0.3) is 0 Å². The van der Waals surface area contributed by atoms with E-state index in [2.05, 4.69) is 5.32 Å². The highest BCUT2D eigenvalue weighted by Crippen LogP contribution is 2.28. The summed E-state index contributed by atoms with van der Waals surface area (Å²) in [5.74, 6) is 0.429. The molecule has 0 aromatic heterocycles. The summed E-state index contributed by atoms with van der Waals surface area (Å²) in [4.78, 5) is 12.0. The lowest BCUT2D eigenvalue weighted by molar-refractivity contribution is -0.123. The lowest BCUT2D eigenvalue weighted by Gasteiger charge is -2.25. The minimum atomic E-state index is -2.98. The second kappa shape index (κ2) is 4.81. The molecule has 3 atom stereocenters. The van der Waals surface area contributed by atoms with Crippen molar-refractivity contribution in [3.63, 3.8) is 0 Å². The van der Waals surface area contributed by atoms with E-state index in [4.69, 9.17) is 5.73 Å². The Bertz CT molecular complexity index is 435. The molecule has 2 rings (SSSR count). The molecule has 0 aromatic carbocycles. The van der Waals surface area contributed by atoms with Gasteiger partial charge in [-0.05, 0) is 32.1 Å². The standard InChI is InChI=1S/C12H22N2O3S/c1-12(5-6-18(16,17)8-12)14-11(15)7-9-3-2-4-10(9)13/h9-10H,2-8,13H2,1H3,(H,14,15)/t9-,10+,12?/m0/s1. The number of carbonyl (C=O) groups excluding carboxylic acids is 1. The summed E-state index contributed by atoms with van der Waals surface area (Å²) in [6, 6.07) is 0.121. The molecule has 18 heavy (non-hydrogen) atoms. The Morgan fingerprint density at radius 2 is 2.17 bits per heavy atom. The fourth-order valence-electron chi connectivity index (χ4n) is 3.05. The largest absolute Gasteiger partial charge is 0.350 e. The van der Waals surface area contributed by atoms with Crippen molar-refractivity contribution in [2.24, 2.45) is 11.7 Å². The van der Waals surface area contributed by atoms with Gasteiger partial charge in [0, 0.05) is 12.5 Å². The van der Waals surface area contributed by atoms with E-state index < -0.39 is 15.4 Å². The van der Waals surface area contributed by atoms with E-state index in [9.17, 15) is 13.2 Å².